The van der Waals surface area contributed by atoms with Gasteiger partial charge < -0.3 is 4.90 Å². The lowest BCUT2D eigenvalue weighted by molar-refractivity contribution is -0.141. The van der Waals surface area contributed by atoms with Gasteiger partial charge in [0.05, 0.1) is 6.54 Å². The summed E-state index contributed by atoms with van der Waals surface area (Å²) in [7, 11) is 0. The van der Waals surface area contributed by atoms with Crippen LogP contribution in [0, 0.1) is 5.41 Å². The number of halogens is 4. The van der Waals surface area contributed by atoms with Crippen LogP contribution in [0.15, 0.2) is 12.3 Å². The van der Waals surface area contributed by atoms with E-state index in [2.05, 4.69) is 30.8 Å². The number of alkyl halides is 4. The van der Waals surface area contributed by atoms with Gasteiger partial charge in [0.1, 0.15) is 5.67 Å². The zero-order chi connectivity index (χ0) is 17.3. The Hall–Kier alpha value is -1.11. The molecule has 1 saturated heterocycles. The molecule has 1 aromatic rings. The van der Waals surface area contributed by atoms with Crippen LogP contribution in [0.3, 0.4) is 0 Å². The maximum absolute atomic E-state index is 14.8. The molecule has 3 nitrogen and oxygen atoms in total. The number of piperidine rings is 1. The molecular weight excluding hydrogens is 310 g/mol. The highest BCUT2D eigenvalue weighted by Crippen LogP contribution is 2.31. The van der Waals surface area contributed by atoms with Crippen molar-refractivity contribution in [1.29, 1.82) is 0 Å². The van der Waals surface area contributed by atoms with Crippen molar-refractivity contribution in [2.24, 2.45) is 5.41 Å². The lowest BCUT2D eigenvalue weighted by Crippen LogP contribution is -2.44. The van der Waals surface area contributed by atoms with E-state index >= 15 is 0 Å². The summed E-state index contributed by atoms with van der Waals surface area (Å²) in [6, 6.07) is 0.891. The molecule has 0 unspecified atom stereocenters. The van der Waals surface area contributed by atoms with Crippen molar-refractivity contribution in [3.63, 3.8) is 0 Å². The minimum absolute atomic E-state index is 0.115. The van der Waals surface area contributed by atoms with Gasteiger partial charge in [0.15, 0.2) is 5.69 Å². The molecular formula is C16H25F4N3. The van der Waals surface area contributed by atoms with Crippen molar-refractivity contribution in [2.75, 3.05) is 19.6 Å². The number of likely N-dealkylation sites (tertiary alicyclic amines) is 1. The van der Waals surface area contributed by atoms with Crippen molar-refractivity contribution in [3.05, 3.63) is 18.0 Å². The van der Waals surface area contributed by atoms with E-state index in [0.29, 0.717) is 25.9 Å². The summed E-state index contributed by atoms with van der Waals surface area (Å²) in [4.78, 5) is 2.23. The van der Waals surface area contributed by atoms with Crippen molar-refractivity contribution in [1.82, 2.24) is 14.7 Å². The second-order valence-corrected chi connectivity index (χ2v) is 7.70. The fourth-order valence-electron chi connectivity index (χ4n) is 2.72. The Morgan fingerprint density at radius 1 is 1.17 bits per heavy atom. The second-order valence-electron chi connectivity index (χ2n) is 7.70. The van der Waals surface area contributed by atoms with E-state index in [1.54, 1.807) is 0 Å². The molecule has 2 rings (SSSR count). The normalized spacial score (nSPS) is 20.0. The minimum Gasteiger partial charge on any atom is -0.303 e. The number of hydrogen-bond donors (Lipinski definition) is 0. The van der Waals surface area contributed by atoms with Gasteiger partial charge in [-0.3, -0.25) is 4.68 Å². The third-order valence-electron chi connectivity index (χ3n) is 4.31. The number of nitrogens with zero attached hydrogens (tertiary/aromatic N) is 3. The van der Waals surface area contributed by atoms with Gasteiger partial charge in [-0.25, -0.2) is 4.39 Å². The van der Waals surface area contributed by atoms with Crippen molar-refractivity contribution in [2.45, 2.75) is 58.4 Å². The van der Waals surface area contributed by atoms with E-state index in [4.69, 9.17) is 0 Å². The number of rotatable bonds is 4. The van der Waals surface area contributed by atoms with Gasteiger partial charge in [-0.2, -0.15) is 18.3 Å². The molecule has 0 spiro atoms. The minimum atomic E-state index is -4.48. The molecule has 0 N–H and O–H groups in total. The van der Waals surface area contributed by atoms with E-state index in [1.807, 2.05) is 0 Å². The maximum atomic E-state index is 14.8. The highest BCUT2D eigenvalue weighted by atomic mass is 19.4. The highest BCUT2D eigenvalue weighted by molar-refractivity contribution is 5.04. The van der Waals surface area contributed by atoms with Crippen LogP contribution in [0.25, 0.3) is 0 Å². The topological polar surface area (TPSA) is 21.1 Å². The van der Waals surface area contributed by atoms with Gasteiger partial charge in [0.25, 0.3) is 0 Å². The summed E-state index contributed by atoms with van der Waals surface area (Å²) >= 11 is 0. The first-order valence-electron chi connectivity index (χ1n) is 7.99. The van der Waals surface area contributed by atoms with Gasteiger partial charge >= 0.3 is 6.18 Å². The molecule has 1 aliphatic heterocycles. The van der Waals surface area contributed by atoms with Crippen molar-refractivity contribution < 1.29 is 17.6 Å². The molecule has 1 aliphatic rings. The van der Waals surface area contributed by atoms with E-state index in [-0.39, 0.29) is 12.0 Å². The quantitative estimate of drug-likeness (QED) is 0.771. The van der Waals surface area contributed by atoms with Gasteiger partial charge in [0.2, 0.25) is 0 Å². The van der Waals surface area contributed by atoms with Crippen LogP contribution in [0.2, 0.25) is 0 Å². The van der Waals surface area contributed by atoms with Crippen LogP contribution in [0.1, 0.15) is 45.7 Å². The first-order valence-corrected chi connectivity index (χ1v) is 7.99. The van der Waals surface area contributed by atoms with Gasteiger partial charge in [-0.1, -0.05) is 20.8 Å². The zero-order valence-electron chi connectivity index (χ0n) is 14.0. The number of hydrogen-bond acceptors (Lipinski definition) is 2. The van der Waals surface area contributed by atoms with Crippen LogP contribution in [0.4, 0.5) is 17.6 Å². The Balaban J connectivity index is 1.86. The maximum Gasteiger partial charge on any atom is 0.435 e. The van der Waals surface area contributed by atoms with Crippen LogP contribution >= 0.6 is 0 Å². The average molecular weight is 335 g/mol. The summed E-state index contributed by atoms with van der Waals surface area (Å²) in [5, 5.41) is 3.45. The summed E-state index contributed by atoms with van der Waals surface area (Å²) in [6.07, 6.45) is -1.57. The van der Waals surface area contributed by atoms with Gasteiger partial charge in [-0.15, -0.1) is 0 Å². The molecule has 1 aromatic heterocycles. The highest BCUT2D eigenvalue weighted by Gasteiger charge is 2.37. The smallest absolute Gasteiger partial charge is 0.303 e. The molecule has 0 bridgehead atoms. The predicted octanol–water partition coefficient (Wildman–Crippen LogP) is 4.14. The number of aromatic nitrogens is 2. The standard InChI is InChI=1S/C16H25F4N3/c1-14(2,3)5-9-22-10-6-15(17,7-11-22)12-23-8-4-13(21-23)16(18,19)20/h4,8H,5-7,9-12H2,1-3H3. The molecule has 0 atom stereocenters. The molecule has 0 aromatic carbocycles. The third-order valence-corrected chi connectivity index (χ3v) is 4.31. The lowest BCUT2D eigenvalue weighted by atomic mass is 9.90. The van der Waals surface area contributed by atoms with Crippen molar-refractivity contribution >= 4 is 0 Å². The molecule has 7 heteroatoms. The van der Waals surface area contributed by atoms with Gasteiger partial charge in [-0.05, 0) is 37.3 Å². The molecule has 0 amide bonds. The Morgan fingerprint density at radius 3 is 2.26 bits per heavy atom. The molecule has 0 aliphatic carbocycles. The van der Waals surface area contributed by atoms with Crippen LogP contribution < -0.4 is 0 Å². The van der Waals surface area contributed by atoms with E-state index < -0.39 is 17.5 Å². The summed E-state index contributed by atoms with van der Waals surface area (Å²) in [5.41, 5.74) is -2.20. The Bertz CT molecular complexity index is 508. The van der Waals surface area contributed by atoms with Crippen LogP contribution in [-0.2, 0) is 12.7 Å². The Morgan fingerprint density at radius 2 is 1.78 bits per heavy atom. The Labute approximate surface area is 134 Å². The summed E-state index contributed by atoms with van der Waals surface area (Å²) in [6.45, 7) is 8.61. The predicted molar refractivity (Wildman–Crippen MR) is 80.8 cm³/mol. The van der Waals surface area contributed by atoms with Crippen LogP contribution in [-0.4, -0.2) is 40.0 Å². The largest absolute Gasteiger partial charge is 0.435 e. The first-order chi connectivity index (χ1) is 10.5. The van der Waals surface area contributed by atoms with E-state index in [0.717, 1.165) is 23.7 Å². The first kappa shape index (κ1) is 18.2. The molecule has 1 fully saturated rings. The SMILES string of the molecule is CC(C)(C)CCN1CCC(F)(Cn2ccc(C(F)(F)F)n2)CC1. The molecule has 0 saturated carbocycles. The Kier molecular flexibility index (Phi) is 5.09. The average Bonchev–Trinajstić information content (AvgIpc) is 2.85. The third kappa shape index (κ3) is 5.48. The summed E-state index contributed by atoms with van der Waals surface area (Å²) in [5.74, 6) is 0. The zero-order valence-corrected chi connectivity index (χ0v) is 14.0. The fraction of sp³-hybridized carbons (Fsp3) is 0.812. The molecule has 132 valence electrons. The molecule has 23 heavy (non-hydrogen) atoms. The monoisotopic (exact) mass is 335 g/mol. The summed E-state index contributed by atoms with van der Waals surface area (Å²) < 4.78 is 53.5. The van der Waals surface area contributed by atoms with E-state index in [1.165, 1.54) is 6.20 Å². The van der Waals surface area contributed by atoms with E-state index in [9.17, 15) is 17.6 Å². The molecule has 2 heterocycles. The van der Waals surface area contributed by atoms with Gasteiger partial charge in [0, 0.05) is 19.3 Å². The van der Waals surface area contributed by atoms with Crippen molar-refractivity contribution in [3.8, 4) is 0 Å². The fourth-order valence-corrected chi connectivity index (χ4v) is 2.72. The lowest BCUT2D eigenvalue weighted by Gasteiger charge is -2.37. The van der Waals surface area contributed by atoms with Crippen LogP contribution in [0.5, 0.6) is 0 Å². The second kappa shape index (κ2) is 6.42. The molecule has 0 radical (unpaired) electrons.